The van der Waals surface area contributed by atoms with Crippen molar-refractivity contribution < 1.29 is 9.47 Å². The molecule has 112 valence electrons. The second-order valence-corrected chi connectivity index (χ2v) is 6.55. The fourth-order valence-corrected chi connectivity index (χ4v) is 3.00. The molecule has 0 radical (unpaired) electrons. The van der Waals surface area contributed by atoms with Gasteiger partial charge in [0.05, 0.1) is 18.3 Å². The van der Waals surface area contributed by atoms with Crippen molar-refractivity contribution in [3.63, 3.8) is 0 Å². The van der Waals surface area contributed by atoms with Gasteiger partial charge in [0.25, 0.3) is 0 Å². The van der Waals surface area contributed by atoms with E-state index in [1.807, 2.05) is 30.3 Å². The van der Waals surface area contributed by atoms with Crippen molar-refractivity contribution in [2.24, 2.45) is 0 Å². The Hall–Kier alpha value is -0.580. The van der Waals surface area contributed by atoms with Gasteiger partial charge in [-0.3, -0.25) is 4.90 Å². The molecule has 1 aliphatic heterocycles. The summed E-state index contributed by atoms with van der Waals surface area (Å²) in [6, 6.07) is 10.0. The molecule has 20 heavy (non-hydrogen) atoms. The van der Waals surface area contributed by atoms with Crippen LogP contribution in [0.3, 0.4) is 0 Å². The van der Waals surface area contributed by atoms with E-state index in [0.29, 0.717) is 0 Å². The number of nitrogens with zero attached hydrogens (tertiary/aromatic N) is 1. The summed E-state index contributed by atoms with van der Waals surface area (Å²) in [7, 11) is 0. The number of hydrogen-bond donors (Lipinski definition) is 0. The lowest BCUT2D eigenvalue weighted by molar-refractivity contribution is -0.126. The maximum Gasteiger partial charge on any atom is 0.119 e. The summed E-state index contributed by atoms with van der Waals surface area (Å²) in [6.07, 6.45) is 1.33. The van der Waals surface area contributed by atoms with Gasteiger partial charge in [-0.2, -0.15) is 0 Å². The lowest BCUT2D eigenvalue weighted by Gasteiger charge is -2.42. The first-order valence-corrected chi connectivity index (χ1v) is 8.35. The zero-order chi connectivity index (χ0) is 14.4. The Morgan fingerprint density at radius 2 is 2.10 bits per heavy atom. The zero-order valence-corrected chi connectivity index (χ0v) is 13.9. The lowest BCUT2D eigenvalue weighted by atomic mass is 10.1. The summed E-state index contributed by atoms with van der Waals surface area (Å²) >= 11 is 3.53. The average molecular weight is 342 g/mol. The molecule has 1 atom stereocenters. The largest absolute Gasteiger partial charge is 0.494 e. The molecule has 1 unspecified atom stereocenters. The Bertz CT molecular complexity index is 397. The third-order valence-corrected chi connectivity index (χ3v) is 4.08. The molecule has 0 aliphatic carbocycles. The molecular formula is C16H24BrNO2. The fourth-order valence-electron chi connectivity index (χ4n) is 2.66. The van der Waals surface area contributed by atoms with Crippen molar-refractivity contribution in [1.29, 1.82) is 0 Å². The lowest BCUT2D eigenvalue weighted by Crippen LogP contribution is -2.53. The van der Waals surface area contributed by atoms with E-state index in [2.05, 4.69) is 34.7 Å². The van der Waals surface area contributed by atoms with Crippen LogP contribution in [0.25, 0.3) is 0 Å². The standard InChI is InChI=1S/C16H24BrNO2/c1-16(2)13-18(12-15(11-17)20-16)9-6-10-19-14-7-4-3-5-8-14/h3-5,7-8,15H,6,9-13H2,1-2H3. The van der Waals surface area contributed by atoms with E-state index in [9.17, 15) is 0 Å². The number of rotatable bonds is 6. The molecule has 1 fully saturated rings. The van der Waals surface area contributed by atoms with E-state index in [1.54, 1.807) is 0 Å². The Labute approximate surface area is 130 Å². The van der Waals surface area contributed by atoms with Gasteiger partial charge in [-0.05, 0) is 32.4 Å². The molecule has 1 aromatic rings. The predicted octanol–water partition coefficient (Wildman–Crippen LogP) is 3.33. The highest BCUT2D eigenvalue weighted by Gasteiger charge is 2.32. The van der Waals surface area contributed by atoms with Gasteiger partial charge < -0.3 is 9.47 Å². The highest BCUT2D eigenvalue weighted by Crippen LogP contribution is 2.22. The van der Waals surface area contributed by atoms with Gasteiger partial charge in [0.15, 0.2) is 0 Å². The molecule has 1 saturated heterocycles. The third-order valence-electron chi connectivity index (χ3n) is 3.35. The van der Waals surface area contributed by atoms with Crippen LogP contribution in [0.15, 0.2) is 30.3 Å². The molecular weight excluding hydrogens is 318 g/mol. The van der Waals surface area contributed by atoms with Crippen molar-refractivity contribution in [2.75, 3.05) is 31.6 Å². The molecule has 1 aromatic carbocycles. The highest BCUT2D eigenvalue weighted by molar-refractivity contribution is 9.09. The molecule has 0 aromatic heterocycles. The summed E-state index contributed by atoms with van der Waals surface area (Å²) in [5.74, 6) is 0.952. The zero-order valence-electron chi connectivity index (χ0n) is 12.3. The minimum atomic E-state index is -0.0586. The van der Waals surface area contributed by atoms with Gasteiger partial charge in [0.2, 0.25) is 0 Å². The first-order valence-electron chi connectivity index (χ1n) is 7.23. The molecule has 0 saturated carbocycles. The molecule has 0 bridgehead atoms. The van der Waals surface area contributed by atoms with Crippen LogP contribution in [-0.4, -0.2) is 48.2 Å². The molecule has 0 amide bonds. The van der Waals surface area contributed by atoms with E-state index in [4.69, 9.17) is 9.47 Å². The van der Waals surface area contributed by atoms with Crippen LogP contribution in [0.4, 0.5) is 0 Å². The van der Waals surface area contributed by atoms with Crippen LogP contribution in [-0.2, 0) is 4.74 Å². The predicted molar refractivity (Wildman–Crippen MR) is 85.7 cm³/mol. The average Bonchev–Trinajstić information content (AvgIpc) is 2.43. The number of hydrogen-bond acceptors (Lipinski definition) is 3. The Kier molecular flexibility index (Phi) is 5.87. The minimum Gasteiger partial charge on any atom is -0.494 e. The summed E-state index contributed by atoms with van der Waals surface area (Å²) in [5, 5.41) is 0.896. The van der Waals surface area contributed by atoms with Crippen LogP contribution in [0.2, 0.25) is 0 Å². The van der Waals surface area contributed by atoms with Crippen LogP contribution in [0.1, 0.15) is 20.3 Å². The van der Waals surface area contributed by atoms with Crippen LogP contribution in [0.5, 0.6) is 5.75 Å². The monoisotopic (exact) mass is 341 g/mol. The van der Waals surface area contributed by atoms with E-state index >= 15 is 0 Å². The van der Waals surface area contributed by atoms with Gasteiger partial charge in [0, 0.05) is 25.0 Å². The van der Waals surface area contributed by atoms with E-state index in [-0.39, 0.29) is 11.7 Å². The minimum absolute atomic E-state index is 0.0586. The number of halogens is 1. The van der Waals surface area contributed by atoms with Crippen molar-refractivity contribution in [3.05, 3.63) is 30.3 Å². The van der Waals surface area contributed by atoms with Crippen molar-refractivity contribution >= 4 is 15.9 Å². The normalized spacial score (nSPS) is 22.6. The number of alkyl halides is 1. The van der Waals surface area contributed by atoms with E-state index in [1.165, 1.54) is 0 Å². The summed E-state index contributed by atoms with van der Waals surface area (Å²) < 4.78 is 11.7. The molecule has 1 heterocycles. The molecule has 0 spiro atoms. The molecule has 4 heteroatoms. The van der Waals surface area contributed by atoms with Crippen molar-refractivity contribution in [1.82, 2.24) is 4.90 Å². The topological polar surface area (TPSA) is 21.7 Å². The number of ether oxygens (including phenoxy) is 2. The van der Waals surface area contributed by atoms with Crippen LogP contribution >= 0.6 is 15.9 Å². The SMILES string of the molecule is CC1(C)CN(CCCOc2ccccc2)CC(CBr)O1. The summed E-state index contributed by atoms with van der Waals surface area (Å²) in [6.45, 7) is 8.14. The van der Waals surface area contributed by atoms with Crippen molar-refractivity contribution in [3.8, 4) is 5.75 Å². The Balaban J connectivity index is 1.71. The van der Waals surface area contributed by atoms with Crippen LogP contribution in [0, 0.1) is 0 Å². The molecule has 2 rings (SSSR count). The van der Waals surface area contributed by atoms with Gasteiger partial charge >= 0.3 is 0 Å². The second-order valence-electron chi connectivity index (χ2n) is 5.90. The number of morpholine rings is 1. The van der Waals surface area contributed by atoms with Gasteiger partial charge in [0.1, 0.15) is 5.75 Å². The number of para-hydroxylation sites is 1. The second kappa shape index (κ2) is 7.43. The van der Waals surface area contributed by atoms with E-state index in [0.717, 1.165) is 43.7 Å². The van der Waals surface area contributed by atoms with E-state index < -0.39 is 0 Å². The van der Waals surface area contributed by atoms with Gasteiger partial charge in [-0.25, -0.2) is 0 Å². The Morgan fingerprint density at radius 3 is 2.80 bits per heavy atom. The first kappa shape index (κ1) is 15.8. The smallest absolute Gasteiger partial charge is 0.119 e. The first-order chi connectivity index (χ1) is 9.59. The van der Waals surface area contributed by atoms with Crippen molar-refractivity contribution in [2.45, 2.75) is 32.0 Å². The molecule has 0 N–H and O–H groups in total. The quantitative estimate of drug-likeness (QED) is 0.585. The molecule has 3 nitrogen and oxygen atoms in total. The molecule has 1 aliphatic rings. The number of benzene rings is 1. The Morgan fingerprint density at radius 1 is 1.35 bits per heavy atom. The summed E-state index contributed by atoms with van der Waals surface area (Å²) in [5.41, 5.74) is -0.0586. The van der Waals surface area contributed by atoms with Crippen LogP contribution < -0.4 is 4.74 Å². The third kappa shape index (κ3) is 5.08. The van der Waals surface area contributed by atoms with Gasteiger partial charge in [-0.1, -0.05) is 34.1 Å². The van der Waals surface area contributed by atoms with Gasteiger partial charge in [-0.15, -0.1) is 0 Å². The highest BCUT2D eigenvalue weighted by atomic mass is 79.9. The maximum atomic E-state index is 6.01. The fraction of sp³-hybridized carbons (Fsp3) is 0.625. The summed E-state index contributed by atoms with van der Waals surface area (Å²) in [4.78, 5) is 2.48. The maximum absolute atomic E-state index is 6.01.